The monoisotopic (exact) mass is 689 g/mol. The van der Waals surface area contributed by atoms with Crippen LogP contribution in [0.4, 0.5) is 0 Å². The first-order valence-electron chi connectivity index (χ1n) is 17.0. The van der Waals surface area contributed by atoms with Gasteiger partial charge in [0.25, 0.3) is 11.8 Å². The Morgan fingerprint density at radius 3 is 2.43 bits per heavy atom. The van der Waals surface area contributed by atoms with Crippen molar-refractivity contribution in [3.05, 3.63) is 63.3 Å². The molecule has 0 aliphatic carbocycles. The van der Waals surface area contributed by atoms with Crippen LogP contribution in [0.2, 0.25) is 0 Å². The fourth-order valence-corrected chi connectivity index (χ4v) is 7.35. The van der Waals surface area contributed by atoms with E-state index in [0.717, 1.165) is 16.7 Å². The van der Waals surface area contributed by atoms with Gasteiger partial charge < -0.3 is 34.1 Å². The Labute approximate surface area is 290 Å². The fourth-order valence-electron chi connectivity index (χ4n) is 6.49. The molecule has 11 nitrogen and oxygen atoms in total. The number of methoxy groups -OCH3 is 1. The van der Waals surface area contributed by atoms with Crippen LogP contribution in [0.1, 0.15) is 74.3 Å². The quantitative estimate of drug-likeness (QED) is 0.371. The average molecular weight is 690 g/mol. The Morgan fingerprint density at radius 1 is 0.857 bits per heavy atom. The second-order valence-electron chi connectivity index (χ2n) is 12.5. The topological polar surface area (TPSA) is 124 Å². The number of nitrogens with zero attached hydrogens (tertiary/aromatic N) is 2. The van der Waals surface area contributed by atoms with Crippen LogP contribution in [-0.4, -0.2) is 93.0 Å². The van der Waals surface area contributed by atoms with Crippen LogP contribution in [0.3, 0.4) is 0 Å². The third-order valence-electron chi connectivity index (χ3n) is 9.18. The Morgan fingerprint density at radius 2 is 1.65 bits per heavy atom. The van der Waals surface area contributed by atoms with Crippen molar-refractivity contribution in [2.75, 3.05) is 59.7 Å². The van der Waals surface area contributed by atoms with E-state index in [2.05, 4.69) is 5.32 Å². The Bertz CT molecular complexity index is 1700. The maximum absolute atomic E-state index is 13.6. The standard InChI is InChI=1S/C37H43N3O8S/c1-24(41)32-8-9-33(49-32)37(44)39-13-3-4-16-47-31-22-27(29-21-26(6-7-30(29)45-2)35(42)38-12-5-14-39)20-28-23-40(15-19-48-34(28)31)36(43)25-10-17-46-18-11-25/h6-9,20-22,25H,3-5,10-19,23H2,1-2H3,(H,38,42). The summed E-state index contributed by atoms with van der Waals surface area (Å²) in [5.74, 6) is 1.35. The molecule has 0 radical (unpaired) electrons. The van der Waals surface area contributed by atoms with E-state index in [1.807, 2.05) is 17.0 Å². The van der Waals surface area contributed by atoms with E-state index < -0.39 is 0 Å². The number of nitrogens with one attached hydrogen (secondary N) is 1. The Balaban J connectivity index is 1.30. The smallest absolute Gasteiger partial charge is 0.263 e. The van der Waals surface area contributed by atoms with Crippen molar-refractivity contribution in [3.63, 3.8) is 0 Å². The number of Topliss-reactive ketones (excluding diaryl/α,β-unsaturated/α-hetero) is 1. The number of fused-ring (bicyclic) bond motifs is 7. The van der Waals surface area contributed by atoms with Crippen molar-refractivity contribution in [2.24, 2.45) is 5.92 Å². The third-order valence-corrected chi connectivity index (χ3v) is 10.4. The summed E-state index contributed by atoms with van der Waals surface area (Å²) >= 11 is 1.20. The minimum absolute atomic E-state index is 0.0703. The second-order valence-corrected chi connectivity index (χ2v) is 13.6. The predicted molar refractivity (Wildman–Crippen MR) is 185 cm³/mol. The van der Waals surface area contributed by atoms with Gasteiger partial charge in [0, 0.05) is 62.0 Å². The summed E-state index contributed by atoms with van der Waals surface area (Å²) in [6.45, 7) is 5.54. The van der Waals surface area contributed by atoms with Gasteiger partial charge in [-0.25, -0.2) is 0 Å². The maximum Gasteiger partial charge on any atom is 0.263 e. The molecule has 3 aliphatic heterocycles. The fraction of sp³-hybridized carbons (Fsp3) is 0.459. The van der Waals surface area contributed by atoms with Gasteiger partial charge >= 0.3 is 0 Å². The zero-order chi connectivity index (χ0) is 34.3. The minimum atomic E-state index is -0.238. The highest BCUT2D eigenvalue weighted by atomic mass is 32.1. The first-order chi connectivity index (χ1) is 23.8. The number of ether oxygens (including phenoxy) is 4. The van der Waals surface area contributed by atoms with Gasteiger partial charge in [-0.2, -0.15) is 0 Å². The van der Waals surface area contributed by atoms with E-state index in [0.29, 0.717) is 124 Å². The molecule has 1 N–H and O–H groups in total. The summed E-state index contributed by atoms with van der Waals surface area (Å²) in [6, 6.07) is 12.6. The number of amides is 3. The van der Waals surface area contributed by atoms with E-state index in [1.54, 1.807) is 42.3 Å². The van der Waals surface area contributed by atoms with Crippen LogP contribution < -0.4 is 19.5 Å². The number of carbonyl (C=O) groups is 4. The zero-order valence-corrected chi connectivity index (χ0v) is 28.9. The van der Waals surface area contributed by atoms with E-state index in [4.69, 9.17) is 18.9 Å². The highest BCUT2D eigenvalue weighted by Crippen LogP contribution is 2.41. The van der Waals surface area contributed by atoms with E-state index >= 15 is 0 Å². The normalized spacial score (nSPS) is 17.8. The zero-order valence-electron chi connectivity index (χ0n) is 28.1. The molecular formula is C37H43N3O8S. The molecule has 6 rings (SSSR count). The largest absolute Gasteiger partial charge is 0.496 e. The number of hydrogen-bond acceptors (Lipinski definition) is 9. The predicted octanol–water partition coefficient (Wildman–Crippen LogP) is 5.21. The van der Waals surface area contributed by atoms with Crippen LogP contribution in [0.5, 0.6) is 17.2 Å². The lowest BCUT2D eigenvalue weighted by Gasteiger charge is -2.28. The molecule has 260 valence electrons. The third kappa shape index (κ3) is 8.08. The molecule has 49 heavy (non-hydrogen) atoms. The van der Waals surface area contributed by atoms with Crippen LogP contribution in [0, 0.1) is 5.92 Å². The second kappa shape index (κ2) is 15.9. The van der Waals surface area contributed by atoms with E-state index in [9.17, 15) is 19.2 Å². The molecule has 12 heteroatoms. The molecule has 4 heterocycles. The number of ketones is 1. The van der Waals surface area contributed by atoms with Crippen molar-refractivity contribution in [3.8, 4) is 28.4 Å². The number of hydrogen-bond donors (Lipinski definition) is 1. The van der Waals surface area contributed by atoms with Crippen molar-refractivity contribution in [2.45, 2.75) is 45.6 Å². The van der Waals surface area contributed by atoms with E-state index in [-0.39, 0.29) is 29.4 Å². The molecule has 3 amide bonds. The van der Waals surface area contributed by atoms with Crippen LogP contribution in [0.25, 0.3) is 11.1 Å². The number of thiophene rings is 1. The van der Waals surface area contributed by atoms with Gasteiger partial charge in [-0.3, -0.25) is 19.2 Å². The van der Waals surface area contributed by atoms with Crippen molar-refractivity contribution < 1.29 is 38.1 Å². The lowest BCUT2D eigenvalue weighted by molar-refractivity contribution is -0.139. The molecule has 2 aromatic carbocycles. The molecule has 1 aromatic heterocycles. The molecule has 4 bridgehead atoms. The SMILES string of the molecule is COc1ccc2cc1-c1cc3c(c(c1)OCCCCN(C(=O)c1ccc(C(C)=O)s1)CCCNC2=O)OCCN(C(=O)C1CCOCC1)C3. The van der Waals surface area contributed by atoms with Crippen molar-refractivity contribution in [1.29, 1.82) is 0 Å². The maximum atomic E-state index is 13.6. The molecule has 3 aromatic rings. The van der Waals surface area contributed by atoms with Gasteiger partial charge in [-0.15, -0.1) is 11.3 Å². The molecule has 1 saturated heterocycles. The number of carbonyl (C=O) groups excluding carboxylic acids is 4. The van der Waals surface area contributed by atoms with E-state index in [1.165, 1.54) is 18.3 Å². The molecule has 0 atom stereocenters. The lowest BCUT2D eigenvalue weighted by Crippen LogP contribution is -2.39. The summed E-state index contributed by atoms with van der Waals surface area (Å²) < 4.78 is 23.9. The van der Waals surface area contributed by atoms with Crippen LogP contribution >= 0.6 is 11.3 Å². The summed E-state index contributed by atoms with van der Waals surface area (Å²) in [5, 5.41) is 3.00. The highest BCUT2D eigenvalue weighted by Gasteiger charge is 2.30. The Hall–Kier alpha value is -4.42. The van der Waals surface area contributed by atoms with Gasteiger partial charge in [-0.1, -0.05) is 0 Å². The lowest BCUT2D eigenvalue weighted by atomic mass is 9.97. The van der Waals surface area contributed by atoms with Gasteiger partial charge in [0.05, 0.1) is 30.0 Å². The summed E-state index contributed by atoms with van der Waals surface area (Å²) in [5.41, 5.74) is 2.79. The highest BCUT2D eigenvalue weighted by molar-refractivity contribution is 7.15. The molecule has 0 spiro atoms. The summed E-state index contributed by atoms with van der Waals surface area (Å²) in [7, 11) is 1.59. The molecular weight excluding hydrogens is 646 g/mol. The van der Waals surface area contributed by atoms with Gasteiger partial charge in [0.2, 0.25) is 5.91 Å². The first-order valence-corrected chi connectivity index (χ1v) is 17.8. The van der Waals surface area contributed by atoms with Crippen LogP contribution in [-0.2, 0) is 16.1 Å². The molecule has 0 saturated carbocycles. The van der Waals surface area contributed by atoms with Gasteiger partial charge in [0.1, 0.15) is 12.4 Å². The Kier molecular flexibility index (Phi) is 11.1. The molecule has 0 unspecified atom stereocenters. The average Bonchev–Trinajstić information content (AvgIpc) is 3.53. The number of benzene rings is 2. The van der Waals surface area contributed by atoms with Crippen molar-refractivity contribution in [1.82, 2.24) is 15.1 Å². The van der Waals surface area contributed by atoms with Gasteiger partial charge in [0.15, 0.2) is 17.3 Å². The first kappa shape index (κ1) is 34.4. The summed E-state index contributed by atoms with van der Waals surface area (Å²) in [6.07, 6.45) is 3.35. The van der Waals surface area contributed by atoms with Crippen molar-refractivity contribution >= 4 is 34.8 Å². The molecule has 1 fully saturated rings. The summed E-state index contributed by atoms with van der Waals surface area (Å²) in [4.78, 5) is 57.0. The minimum Gasteiger partial charge on any atom is -0.496 e. The number of rotatable bonds is 4. The van der Waals surface area contributed by atoms with Crippen LogP contribution in [0.15, 0.2) is 42.5 Å². The van der Waals surface area contributed by atoms with Gasteiger partial charge in [-0.05, 0) is 87.1 Å². The molecule has 3 aliphatic rings.